The predicted octanol–water partition coefficient (Wildman–Crippen LogP) is 2.94. The number of rotatable bonds is 5. The Morgan fingerprint density at radius 2 is 2.50 bits per heavy atom. The lowest BCUT2D eigenvalue weighted by Gasteiger charge is -2.15. The van der Waals surface area contributed by atoms with Crippen LogP contribution in [0.4, 0.5) is 0 Å². The fourth-order valence-electron chi connectivity index (χ4n) is 2.12. The number of halogens is 1. The van der Waals surface area contributed by atoms with Gasteiger partial charge in [0.15, 0.2) is 0 Å². The fourth-order valence-corrected chi connectivity index (χ4v) is 3.55. The molecule has 0 aromatic carbocycles. The molecule has 1 N–H and O–H groups in total. The van der Waals surface area contributed by atoms with Crippen LogP contribution in [0.25, 0.3) is 0 Å². The molecule has 0 amide bonds. The maximum absolute atomic E-state index is 3.50. The van der Waals surface area contributed by atoms with E-state index >= 15 is 0 Å². The summed E-state index contributed by atoms with van der Waals surface area (Å²) in [6.07, 6.45) is 1.37. The average molecular weight is 303 g/mol. The molecule has 1 aromatic heterocycles. The molecule has 1 fully saturated rings. The minimum absolute atomic E-state index is 0.897. The highest BCUT2D eigenvalue weighted by Gasteiger charge is 2.17. The number of hydrogen-bond acceptors (Lipinski definition) is 3. The van der Waals surface area contributed by atoms with E-state index in [1.54, 1.807) is 0 Å². The molecule has 0 radical (unpaired) electrons. The smallest absolute Gasteiger partial charge is 0.0300 e. The normalized spacial score (nSPS) is 21.8. The summed E-state index contributed by atoms with van der Waals surface area (Å²) in [6.45, 7) is 8.20. The lowest BCUT2D eigenvalue weighted by atomic mass is 10.2. The van der Waals surface area contributed by atoms with E-state index in [-0.39, 0.29) is 0 Å². The van der Waals surface area contributed by atoms with Crippen LogP contribution >= 0.6 is 27.3 Å². The number of hydrogen-bond donors (Lipinski definition) is 1. The first-order chi connectivity index (χ1) is 7.74. The van der Waals surface area contributed by atoms with Crippen LogP contribution in [0.1, 0.15) is 18.2 Å². The minimum Gasteiger partial charge on any atom is -0.311 e. The first-order valence-electron chi connectivity index (χ1n) is 5.90. The largest absolute Gasteiger partial charge is 0.311 e. The van der Waals surface area contributed by atoms with E-state index in [0.717, 1.165) is 19.0 Å². The summed E-state index contributed by atoms with van der Waals surface area (Å²) in [5.74, 6) is 0.897. The SMILES string of the molecule is CC1CCN(CCNCc2cc(Br)cs2)C1. The van der Waals surface area contributed by atoms with Crippen molar-refractivity contribution in [1.29, 1.82) is 0 Å². The van der Waals surface area contributed by atoms with E-state index in [9.17, 15) is 0 Å². The third kappa shape index (κ3) is 3.84. The zero-order valence-electron chi connectivity index (χ0n) is 9.71. The van der Waals surface area contributed by atoms with Gasteiger partial charge in [0.1, 0.15) is 0 Å². The Hall–Kier alpha value is 0.1000. The molecule has 90 valence electrons. The van der Waals surface area contributed by atoms with Crippen molar-refractivity contribution in [3.05, 3.63) is 20.8 Å². The second kappa shape index (κ2) is 6.15. The topological polar surface area (TPSA) is 15.3 Å². The second-order valence-electron chi connectivity index (χ2n) is 4.60. The van der Waals surface area contributed by atoms with Crippen molar-refractivity contribution in [3.8, 4) is 0 Å². The Balaban J connectivity index is 1.58. The van der Waals surface area contributed by atoms with E-state index < -0.39 is 0 Å². The van der Waals surface area contributed by atoms with Gasteiger partial charge in [0, 0.05) is 40.9 Å². The van der Waals surface area contributed by atoms with Crippen molar-refractivity contribution in [2.24, 2.45) is 5.92 Å². The Labute approximate surface area is 110 Å². The van der Waals surface area contributed by atoms with E-state index in [1.165, 1.54) is 35.4 Å². The predicted molar refractivity (Wildman–Crippen MR) is 73.9 cm³/mol. The summed E-state index contributed by atoms with van der Waals surface area (Å²) in [7, 11) is 0. The number of nitrogens with one attached hydrogen (secondary N) is 1. The van der Waals surface area contributed by atoms with Crippen molar-refractivity contribution in [3.63, 3.8) is 0 Å². The summed E-state index contributed by atoms with van der Waals surface area (Å²) in [4.78, 5) is 3.96. The Morgan fingerprint density at radius 3 is 3.12 bits per heavy atom. The first kappa shape index (κ1) is 12.6. The molecule has 4 heteroatoms. The molecule has 0 aliphatic carbocycles. The maximum Gasteiger partial charge on any atom is 0.0300 e. The van der Waals surface area contributed by atoms with Crippen molar-refractivity contribution < 1.29 is 0 Å². The monoisotopic (exact) mass is 302 g/mol. The Morgan fingerprint density at radius 1 is 1.62 bits per heavy atom. The lowest BCUT2D eigenvalue weighted by Crippen LogP contribution is -2.30. The molecule has 1 aromatic rings. The van der Waals surface area contributed by atoms with Crippen LogP contribution in [0.15, 0.2) is 15.9 Å². The molecule has 2 nitrogen and oxygen atoms in total. The molecule has 0 saturated carbocycles. The highest BCUT2D eigenvalue weighted by atomic mass is 79.9. The molecule has 1 unspecified atom stereocenters. The standard InChI is InChI=1S/C12H19BrN2S/c1-10-2-4-15(8-10)5-3-14-7-12-6-11(13)9-16-12/h6,9-10,14H,2-5,7-8H2,1H3. The van der Waals surface area contributed by atoms with Gasteiger partial charge in [-0.15, -0.1) is 11.3 Å². The molecule has 0 bridgehead atoms. The zero-order chi connectivity index (χ0) is 11.4. The summed E-state index contributed by atoms with van der Waals surface area (Å²) in [5.41, 5.74) is 0. The van der Waals surface area contributed by atoms with E-state index in [0.29, 0.717) is 0 Å². The van der Waals surface area contributed by atoms with Crippen LogP contribution in [0, 0.1) is 5.92 Å². The van der Waals surface area contributed by atoms with Gasteiger partial charge in [0.25, 0.3) is 0 Å². The highest BCUT2D eigenvalue weighted by Crippen LogP contribution is 2.19. The van der Waals surface area contributed by atoms with Gasteiger partial charge in [-0.3, -0.25) is 0 Å². The van der Waals surface area contributed by atoms with Gasteiger partial charge >= 0.3 is 0 Å². The third-order valence-corrected chi connectivity index (χ3v) is 4.73. The van der Waals surface area contributed by atoms with Crippen molar-refractivity contribution in [2.45, 2.75) is 19.9 Å². The second-order valence-corrected chi connectivity index (χ2v) is 6.51. The molecule has 2 heterocycles. The molecule has 0 spiro atoms. The molecular formula is C12H19BrN2S. The van der Waals surface area contributed by atoms with Gasteiger partial charge in [-0.1, -0.05) is 6.92 Å². The Bertz CT molecular complexity index is 327. The van der Waals surface area contributed by atoms with E-state index in [2.05, 4.69) is 44.5 Å². The molecular weight excluding hydrogens is 284 g/mol. The van der Waals surface area contributed by atoms with Gasteiger partial charge in [-0.25, -0.2) is 0 Å². The molecule has 16 heavy (non-hydrogen) atoms. The molecule has 1 saturated heterocycles. The van der Waals surface area contributed by atoms with Gasteiger partial charge in [0.05, 0.1) is 0 Å². The summed E-state index contributed by atoms with van der Waals surface area (Å²) in [6, 6.07) is 2.19. The summed E-state index contributed by atoms with van der Waals surface area (Å²) in [5, 5.41) is 5.64. The molecule has 2 rings (SSSR count). The first-order valence-corrected chi connectivity index (χ1v) is 7.57. The van der Waals surface area contributed by atoms with Crippen molar-refractivity contribution in [2.75, 3.05) is 26.2 Å². The van der Waals surface area contributed by atoms with Crippen LogP contribution in [-0.4, -0.2) is 31.1 Å². The fraction of sp³-hybridized carbons (Fsp3) is 0.667. The van der Waals surface area contributed by atoms with Gasteiger partial charge in [-0.2, -0.15) is 0 Å². The van der Waals surface area contributed by atoms with Gasteiger partial charge < -0.3 is 10.2 Å². The Kier molecular flexibility index (Phi) is 4.82. The quantitative estimate of drug-likeness (QED) is 0.841. The van der Waals surface area contributed by atoms with E-state index in [4.69, 9.17) is 0 Å². The maximum atomic E-state index is 3.50. The summed E-state index contributed by atoms with van der Waals surface area (Å²) < 4.78 is 1.20. The van der Waals surface area contributed by atoms with Crippen molar-refractivity contribution in [1.82, 2.24) is 10.2 Å². The van der Waals surface area contributed by atoms with Crippen LogP contribution in [0.5, 0.6) is 0 Å². The number of thiophene rings is 1. The van der Waals surface area contributed by atoms with Crippen LogP contribution in [0.3, 0.4) is 0 Å². The van der Waals surface area contributed by atoms with Gasteiger partial charge in [-0.05, 0) is 40.9 Å². The van der Waals surface area contributed by atoms with E-state index in [1.807, 2.05) is 11.3 Å². The number of nitrogens with zero attached hydrogens (tertiary/aromatic N) is 1. The van der Waals surface area contributed by atoms with Gasteiger partial charge in [0.2, 0.25) is 0 Å². The third-order valence-electron chi connectivity index (χ3n) is 3.03. The van der Waals surface area contributed by atoms with Crippen molar-refractivity contribution >= 4 is 27.3 Å². The average Bonchev–Trinajstić information content (AvgIpc) is 2.83. The highest BCUT2D eigenvalue weighted by molar-refractivity contribution is 9.10. The minimum atomic E-state index is 0.897. The molecule has 1 atom stereocenters. The van der Waals surface area contributed by atoms with Crippen LogP contribution < -0.4 is 5.32 Å². The number of likely N-dealkylation sites (tertiary alicyclic amines) is 1. The van der Waals surface area contributed by atoms with Crippen LogP contribution in [-0.2, 0) is 6.54 Å². The lowest BCUT2D eigenvalue weighted by molar-refractivity contribution is 0.325. The summed E-state index contributed by atoms with van der Waals surface area (Å²) >= 11 is 5.29. The molecule has 1 aliphatic heterocycles. The van der Waals surface area contributed by atoms with Crippen LogP contribution in [0.2, 0.25) is 0 Å². The molecule has 1 aliphatic rings. The zero-order valence-corrected chi connectivity index (χ0v) is 12.1.